The number of fused-ring (bicyclic) bond motifs is 1. The first-order valence-electron chi connectivity index (χ1n) is 5.00. The van der Waals surface area contributed by atoms with E-state index in [0.29, 0.717) is 11.8 Å². The van der Waals surface area contributed by atoms with Gasteiger partial charge in [0.2, 0.25) is 0 Å². The molecule has 1 amide bonds. The van der Waals surface area contributed by atoms with Crippen LogP contribution in [0.1, 0.15) is 25.7 Å². The molecule has 1 saturated heterocycles. The normalized spacial score (nSPS) is 38.3. The molecule has 74 valence electrons. The van der Waals surface area contributed by atoms with Gasteiger partial charge in [0.1, 0.15) is 0 Å². The van der Waals surface area contributed by atoms with Crippen LogP contribution in [0.2, 0.25) is 0 Å². The average molecular weight is 184 g/mol. The Bertz CT molecular complexity index is 208. The van der Waals surface area contributed by atoms with Crippen molar-refractivity contribution in [1.82, 2.24) is 10.6 Å². The predicted octanol–water partition coefficient (Wildman–Crippen LogP) is 0.990. The van der Waals surface area contributed by atoms with Crippen LogP contribution in [0.5, 0.6) is 0 Å². The molecule has 2 aliphatic rings. The van der Waals surface area contributed by atoms with E-state index in [1.807, 2.05) is 0 Å². The highest BCUT2D eigenvalue weighted by Crippen LogP contribution is 2.34. The van der Waals surface area contributed by atoms with Crippen LogP contribution in [0.15, 0.2) is 0 Å². The summed E-state index contributed by atoms with van der Waals surface area (Å²) < 4.78 is 0. The van der Waals surface area contributed by atoms with Crippen LogP contribution in [0.3, 0.4) is 0 Å². The molecule has 1 aliphatic heterocycles. The van der Waals surface area contributed by atoms with Gasteiger partial charge in [0.15, 0.2) is 0 Å². The molecule has 2 rings (SSSR count). The molecule has 4 nitrogen and oxygen atoms in total. The van der Waals surface area contributed by atoms with Crippen LogP contribution in [0, 0.1) is 11.8 Å². The number of hydrogen-bond donors (Lipinski definition) is 3. The van der Waals surface area contributed by atoms with Crippen LogP contribution in [-0.2, 0) is 0 Å². The Morgan fingerprint density at radius 3 is 2.92 bits per heavy atom. The highest BCUT2D eigenvalue weighted by molar-refractivity contribution is 5.64. The molecular weight excluding hydrogens is 168 g/mol. The molecule has 4 heteroatoms. The largest absolute Gasteiger partial charge is 0.465 e. The summed E-state index contributed by atoms with van der Waals surface area (Å²) in [6, 6.07) is 0. The van der Waals surface area contributed by atoms with Crippen molar-refractivity contribution in [2.75, 3.05) is 6.54 Å². The zero-order valence-electron chi connectivity index (χ0n) is 7.62. The van der Waals surface area contributed by atoms with E-state index in [2.05, 4.69) is 10.6 Å². The second-order valence-electron chi connectivity index (χ2n) is 4.04. The highest BCUT2D eigenvalue weighted by atomic mass is 16.4. The van der Waals surface area contributed by atoms with E-state index >= 15 is 0 Å². The van der Waals surface area contributed by atoms with Crippen molar-refractivity contribution in [2.24, 2.45) is 11.8 Å². The summed E-state index contributed by atoms with van der Waals surface area (Å²) in [5.74, 6) is 1.23. The van der Waals surface area contributed by atoms with Gasteiger partial charge < -0.3 is 10.4 Å². The molecule has 0 aromatic rings. The lowest BCUT2D eigenvalue weighted by molar-refractivity contribution is 0.176. The maximum atomic E-state index is 10.5. The molecule has 0 aromatic heterocycles. The molecule has 1 aliphatic carbocycles. The van der Waals surface area contributed by atoms with Gasteiger partial charge in [-0.25, -0.2) is 4.79 Å². The first kappa shape index (κ1) is 8.81. The Morgan fingerprint density at radius 2 is 2.15 bits per heavy atom. The number of nitrogens with one attached hydrogen (secondary N) is 2. The molecule has 0 bridgehead atoms. The number of carboxylic acid groups (broad SMARTS) is 1. The molecule has 0 radical (unpaired) electrons. The molecule has 0 spiro atoms. The molecular formula is C9H16N2O2. The summed E-state index contributed by atoms with van der Waals surface area (Å²) in [5.41, 5.74) is 0. The van der Waals surface area contributed by atoms with Crippen LogP contribution in [0.4, 0.5) is 4.79 Å². The van der Waals surface area contributed by atoms with Crippen molar-refractivity contribution < 1.29 is 9.90 Å². The van der Waals surface area contributed by atoms with Gasteiger partial charge in [0.25, 0.3) is 0 Å². The van der Waals surface area contributed by atoms with Gasteiger partial charge in [0, 0.05) is 6.54 Å². The fourth-order valence-corrected chi connectivity index (χ4v) is 2.65. The second kappa shape index (κ2) is 3.54. The van der Waals surface area contributed by atoms with Crippen molar-refractivity contribution in [2.45, 2.75) is 31.8 Å². The Labute approximate surface area is 77.7 Å². The van der Waals surface area contributed by atoms with E-state index in [-0.39, 0.29) is 6.17 Å². The molecule has 3 atom stereocenters. The van der Waals surface area contributed by atoms with Crippen LogP contribution >= 0.6 is 0 Å². The molecule has 1 saturated carbocycles. The topological polar surface area (TPSA) is 61.4 Å². The van der Waals surface area contributed by atoms with Crippen molar-refractivity contribution in [3.05, 3.63) is 0 Å². The standard InChI is InChI=1S/C9H16N2O2/c12-9(13)11-8-7-4-2-1-3-6(7)5-10-8/h6-8,10-11H,1-5H2,(H,12,13)/t6?,7?,8-/m0/s1. The molecule has 3 N–H and O–H groups in total. The average Bonchev–Trinajstić information content (AvgIpc) is 2.48. The third-order valence-corrected chi connectivity index (χ3v) is 3.27. The quantitative estimate of drug-likeness (QED) is 0.569. The van der Waals surface area contributed by atoms with Crippen LogP contribution < -0.4 is 10.6 Å². The van der Waals surface area contributed by atoms with Gasteiger partial charge in [-0.05, 0) is 24.7 Å². The molecule has 0 aromatic carbocycles. The lowest BCUT2D eigenvalue weighted by Gasteiger charge is -2.27. The highest BCUT2D eigenvalue weighted by Gasteiger charge is 2.37. The maximum Gasteiger partial charge on any atom is 0.405 e. The minimum absolute atomic E-state index is 0.00259. The summed E-state index contributed by atoms with van der Waals surface area (Å²) in [5, 5.41) is 14.4. The molecule has 2 fully saturated rings. The fourth-order valence-electron chi connectivity index (χ4n) is 2.65. The summed E-state index contributed by atoms with van der Waals surface area (Å²) in [6.45, 7) is 0.982. The molecule has 2 unspecified atom stereocenters. The minimum Gasteiger partial charge on any atom is -0.465 e. The maximum absolute atomic E-state index is 10.5. The predicted molar refractivity (Wildman–Crippen MR) is 48.4 cm³/mol. The van der Waals surface area contributed by atoms with Gasteiger partial charge in [-0.3, -0.25) is 5.32 Å². The SMILES string of the molecule is O=C(O)N[C@@H]1NCC2CCCCC21. The zero-order valence-corrected chi connectivity index (χ0v) is 7.62. The lowest BCUT2D eigenvalue weighted by atomic mass is 9.80. The third kappa shape index (κ3) is 1.77. The Hall–Kier alpha value is -0.770. The number of amides is 1. The summed E-state index contributed by atoms with van der Waals surface area (Å²) in [7, 11) is 0. The summed E-state index contributed by atoms with van der Waals surface area (Å²) >= 11 is 0. The van der Waals surface area contributed by atoms with E-state index in [1.54, 1.807) is 0 Å². The van der Waals surface area contributed by atoms with Gasteiger partial charge >= 0.3 is 6.09 Å². The zero-order chi connectivity index (χ0) is 9.26. The van der Waals surface area contributed by atoms with Crippen molar-refractivity contribution in [1.29, 1.82) is 0 Å². The van der Waals surface area contributed by atoms with E-state index < -0.39 is 6.09 Å². The van der Waals surface area contributed by atoms with Crippen molar-refractivity contribution in [3.63, 3.8) is 0 Å². The Balaban J connectivity index is 1.94. The molecule has 1 heterocycles. The lowest BCUT2D eigenvalue weighted by Crippen LogP contribution is -2.45. The van der Waals surface area contributed by atoms with E-state index in [9.17, 15) is 4.79 Å². The van der Waals surface area contributed by atoms with Gasteiger partial charge in [-0.2, -0.15) is 0 Å². The minimum atomic E-state index is -0.913. The molecule has 13 heavy (non-hydrogen) atoms. The first-order valence-corrected chi connectivity index (χ1v) is 5.00. The monoisotopic (exact) mass is 184 g/mol. The Morgan fingerprint density at radius 1 is 1.38 bits per heavy atom. The van der Waals surface area contributed by atoms with Crippen LogP contribution in [0.25, 0.3) is 0 Å². The number of rotatable bonds is 1. The van der Waals surface area contributed by atoms with E-state index in [0.717, 1.165) is 6.54 Å². The van der Waals surface area contributed by atoms with Gasteiger partial charge in [-0.15, -0.1) is 0 Å². The number of hydrogen-bond acceptors (Lipinski definition) is 2. The van der Waals surface area contributed by atoms with Crippen LogP contribution in [-0.4, -0.2) is 23.9 Å². The first-order chi connectivity index (χ1) is 6.27. The summed E-state index contributed by atoms with van der Waals surface area (Å²) in [4.78, 5) is 10.5. The van der Waals surface area contributed by atoms with E-state index in [1.165, 1.54) is 25.7 Å². The second-order valence-corrected chi connectivity index (χ2v) is 4.04. The smallest absolute Gasteiger partial charge is 0.405 e. The van der Waals surface area contributed by atoms with Crippen molar-refractivity contribution in [3.8, 4) is 0 Å². The van der Waals surface area contributed by atoms with Crippen molar-refractivity contribution >= 4 is 6.09 Å². The van der Waals surface area contributed by atoms with Gasteiger partial charge in [0.05, 0.1) is 6.17 Å². The fraction of sp³-hybridized carbons (Fsp3) is 0.889. The number of carbonyl (C=O) groups is 1. The Kier molecular flexibility index (Phi) is 2.40. The van der Waals surface area contributed by atoms with E-state index in [4.69, 9.17) is 5.11 Å². The third-order valence-electron chi connectivity index (χ3n) is 3.27. The summed E-state index contributed by atoms with van der Waals surface area (Å²) in [6.07, 6.45) is 4.08. The van der Waals surface area contributed by atoms with Gasteiger partial charge in [-0.1, -0.05) is 12.8 Å².